The van der Waals surface area contributed by atoms with Gasteiger partial charge >= 0.3 is 5.97 Å². The van der Waals surface area contributed by atoms with Crippen molar-refractivity contribution in [3.8, 4) is 11.8 Å². The summed E-state index contributed by atoms with van der Waals surface area (Å²) in [7, 11) is 0.0923. The zero-order chi connectivity index (χ0) is 12.6. The van der Waals surface area contributed by atoms with E-state index < -0.39 is 5.97 Å². The van der Waals surface area contributed by atoms with Crippen molar-refractivity contribution in [2.75, 3.05) is 0 Å². The van der Waals surface area contributed by atoms with Crippen LogP contribution in [-0.4, -0.2) is 18.5 Å². The Labute approximate surface area is 108 Å². The van der Waals surface area contributed by atoms with Crippen molar-refractivity contribution in [2.24, 2.45) is 0 Å². The summed E-state index contributed by atoms with van der Waals surface area (Å²) < 4.78 is 12.6. The van der Waals surface area contributed by atoms with Crippen LogP contribution in [0.3, 0.4) is 0 Å². The van der Waals surface area contributed by atoms with Crippen molar-refractivity contribution in [2.45, 2.75) is 26.4 Å². The summed E-state index contributed by atoms with van der Waals surface area (Å²) in [5.74, 6) is 3.34. The van der Waals surface area contributed by atoms with Crippen LogP contribution in [0.4, 0.5) is 0 Å². The molecule has 84 valence electrons. The van der Waals surface area contributed by atoms with Crippen LogP contribution in [0.1, 0.15) is 20.3 Å². The highest BCUT2D eigenvalue weighted by molar-refractivity contribution is 14.2. The maximum absolute atomic E-state index is 10.1. The molecule has 0 aromatic heterocycles. The molecule has 1 N–H and O–H groups in total. The fourth-order valence-corrected chi connectivity index (χ4v) is 2.75. The van der Waals surface area contributed by atoms with Crippen molar-refractivity contribution in [3.63, 3.8) is 0 Å². The lowest BCUT2D eigenvalue weighted by molar-refractivity contribution is -0.130. The molecule has 0 radical (unpaired) electrons. The van der Waals surface area contributed by atoms with E-state index in [0.29, 0.717) is 14.4 Å². The molecule has 2 atom stereocenters. The van der Waals surface area contributed by atoms with E-state index in [2.05, 4.69) is 27.1 Å². The highest BCUT2D eigenvalue weighted by atomic mass is 127. The molecule has 0 saturated carbocycles. The van der Waals surface area contributed by atoms with Gasteiger partial charge in [-0.25, -0.2) is 4.79 Å². The molecule has 0 aliphatic carbocycles. The molecule has 0 bridgehead atoms. The smallest absolute Gasteiger partial charge is 0.382 e. The average Bonchev–Trinajstić information content (AvgIpc) is 2.16. The van der Waals surface area contributed by atoms with Gasteiger partial charge in [0.25, 0.3) is 0 Å². The molecule has 0 aliphatic rings. The Morgan fingerprint density at radius 2 is 2.60 bits per heavy atom. The minimum absolute atomic E-state index is 0.0148. The predicted molar refractivity (Wildman–Crippen MR) is 74.0 cm³/mol. The highest BCUT2D eigenvalue weighted by Crippen LogP contribution is 2.13. The molecule has 3 nitrogen and oxygen atoms in total. The van der Waals surface area contributed by atoms with E-state index in [0.717, 1.165) is 5.57 Å². The third-order valence-electron chi connectivity index (χ3n) is 1.35. The number of carboxylic acid groups (broad SMARTS) is 1. The van der Waals surface area contributed by atoms with Crippen LogP contribution in [-0.2, 0) is 16.5 Å². The summed E-state index contributed by atoms with van der Waals surface area (Å²) in [4.78, 5) is 10.1. The third-order valence-corrected chi connectivity index (χ3v) is 2.72. The third kappa shape index (κ3) is 10.4. The number of carbonyl (C=O) groups is 1. The zero-order valence-corrected chi connectivity index (χ0v) is 12.2. The number of rotatable bonds is 4. The van der Waals surface area contributed by atoms with Gasteiger partial charge in [0.15, 0.2) is 0 Å². The second-order valence-electron chi connectivity index (χ2n) is 2.88. The Balaban J connectivity index is 4.20. The van der Waals surface area contributed by atoms with Crippen molar-refractivity contribution >= 4 is 42.7 Å². The Morgan fingerprint density at radius 3 is 3.13 bits per heavy atom. The van der Waals surface area contributed by atoms with Crippen molar-refractivity contribution < 1.29 is 14.1 Å². The van der Waals surface area contributed by atoms with Gasteiger partial charge in [0.1, 0.15) is 1.28 Å². The molecule has 0 aromatic carbocycles. The predicted octanol–water partition coefficient (Wildman–Crippen LogP) is 2.76. The summed E-state index contributed by atoms with van der Waals surface area (Å²) >= 11 is 2.09. The second kappa shape index (κ2) is 8.28. The highest BCUT2D eigenvalue weighted by Gasteiger charge is 2.03. The molecule has 0 saturated heterocycles. The van der Waals surface area contributed by atoms with Gasteiger partial charge in [-0.3, -0.25) is 0 Å². The molecule has 15 heavy (non-hydrogen) atoms. The molecule has 0 heterocycles. The minimum atomic E-state index is -1.13. The summed E-state index contributed by atoms with van der Waals surface area (Å²) in [5, 5.41) is 8.31. The molecule has 1 unspecified atom stereocenters. The number of halogens is 1. The molecule has 0 rings (SSSR count). The summed E-state index contributed by atoms with van der Waals surface area (Å²) in [5.41, 5.74) is 0.969. The first-order valence-electron chi connectivity index (χ1n) is 4.53. The Morgan fingerprint density at radius 1 is 1.93 bits per heavy atom. The van der Waals surface area contributed by atoms with Crippen LogP contribution in [0.5, 0.6) is 0 Å². The van der Waals surface area contributed by atoms with E-state index in [9.17, 15) is 4.79 Å². The quantitative estimate of drug-likeness (QED) is 0.477. The fourth-order valence-electron chi connectivity index (χ4n) is 0.903. The molecule has 6 heteroatoms. The van der Waals surface area contributed by atoms with E-state index in [1.165, 1.54) is 0 Å². The summed E-state index contributed by atoms with van der Waals surface area (Å²) in [6, 6.07) is 0. The number of hydrogen-bond donors (Lipinski definition) is 1. The van der Waals surface area contributed by atoms with Crippen molar-refractivity contribution in [1.82, 2.24) is 0 Å². The number of aliphatic carboxylic acids is 1. The lowest BCUT2D eigenvalue weighted by Crippen LogP contribution is -2.06. The topological polar surface area (TPSA) is 46.5 Å². The van der Waals surface area contributed by atoms with Gasteiger partial charge < -0.3 is 9.29 Å². The maximum atomic E-state index is 10.1. The average molecular weight is 360 g/mol. The van der Waals surface area contributed by atoms with E-state index in [4.69, 9.17) is 10.6 Å². The van der Waals surface area contributed by atoms with Gasteiger partial charge in [-0.1, -0.05) is 19.5 Å². The van der Waals surface area contributed by atoms with Crippen LogP contribution >= 0.6 is 29.2 Å². The molecular formula is C9H12IO3PS. The lowest BCUT2D eigenvalue weighted by atomic mass is 10.1. The number of hydrogen-bond acceptors (Lipinski definition) is 2. The lowest BCUT2D eigenvalue weighted by Gasteiger charge is -2.10. The normalized spacial score (nSPS) is 16.2. The second-order valence-corrected chi connectivity index (χ2v) is 8.97. The van der Waals surface area contributed by atoms with Crippen LogP contribution in [0, 0.1) is 11.8 Å². The first-order chi connectivity index (χ1) is 7.45. The van der Waals surface area contributed by atoms with Gasteiger partial charge in [-0.15, -0.1) is 0 Å². The van der Waals surface area contributed by atoms with E-state index in [-0.39, 0.29) is 13.6 Å². The summed E-state index contributed by atoms with van der Waals surface area (Å²) in [6.45, 7) is 3.80. The van der Waals surface area contributed by atoms with Gasteiger partial charge in [0, 0.05) is 34.7 Å². The van der Waals surface area contributed by atoms with Crippen LogP contribution in [0.15, 0.2) is 11.6 Å². The molecule has 0 amide bonds. The van der Waals surface area contributed by atoms with E-state index in [1.54, 1.807) is 6.08 Å². The van der Waals surface area contributed by atoms with Gasteiger partial charge in [-0.05, 0) is 26.3 Å². The maximum Gasteiger partial charge on any atom is 0.382 e. The Kier molecular flexibility index (Phi) is 7.28. The number of allylic oxidation sites excluding steroid dienone is 1. The molecule has 0 aromatic rings. The molecule has 0 aliphatic heterocycles. The van der Waals surface area contributed by atoms with E-state index in [1.807, 2.05) is 19.8 Å². The van der Waals surface area contributed by atoms with Crippen LogP contribution in [0.2, 0.25) is 0 Å². The van der Waals surface area contributed by atoms with Crippen molar-refractivity contribution in [3.05, 3.63) is 11.6 Å². The molecule has 0 spiro atoms. The van der Waals surface area contributed by atoms with Crippen LogP contribution in [0.25, 0.3) is 0 Å². The first-order valence-corrected chi connectivity index (χ1v) is 8.83. The standard InChI is InChI=1S/C9H12IO3PS/c1-7(4-3-5-9(11)12)6-8(2)13-15(10)14/h4,8,14H,6H2,1-2H3,(H,11,12)/b7-4+/t8-,15?/m0/s1/i14T. The van der Waals surface area contributed by atoms with Gasteiger partial charge in [0.05, 0.1) is 6.10 Å². The van der Waals surface area contributed by atoms with Gasteiger partial charge in [0.2, 0.25) is 0 Å². The SMILES string of the molecule is [3H]P=S(I)O[C@@H](C)C/C(C)=C/C#CC(=O)O. The summed E-state index contributed by atoms with van der Waals surface area (Å²) in [6.07, 6.45) is 2.29. The minimum Gasteiger partial charge on any atom is -0.472 e. The Bertz CT molecular complexity index is 373. The zero-order valence-electron chi connectivity index (χ0n) is 9.36. The number of carboxylic acids is 1. The largest absolute Gasteiger partial charge is 0.472 e. The van der Waals surface area contributed by atoms with Crippen LogP contribution < -0.4 is 0 Å². The first kappa shape index (κ1) is 13.2. The van der Waals surface area contributed by atoms with E-state index >= 15 is 0 Å². The van der Waals surface area contributed by atoms with Crippen molar-refractivity contribution in [1.29, 1.82) is 1.28 Å². The molecular weight excluding hydrogens is 346 g/mol. The van der Waals surface area contributed by atoms with Gasteiger partial charge in [-0.2, -0.15) is 0 Å². The fraction of sp³-hybridized carbons (Fsp3) is 0.444. The molecule has 0 fully saturated rings. The Hall–Kier alpha value is 0.110. The monoisotopic (exact) mass is 360 g/mol.